The van der Waals surface area contributed by atoms with Gasteiger partial charge in [0.1, 0.15) is 6.10 Å². The Kier molecular flexibility index (Phi) is 6.31. The summed E-state index contributed by atoms with van der Waals surface area (Å²) in [6.45, 7) is 1.45. The number of hydrogen-bond acceptors (Lipinski definition) is 2. The van der Waals surface area contributed by atoms with Crippen molar-refractivity contribution in [2.45, 2.75) is 45.1 Å². The molecule has 0 bridgehead atoms. The van der Waals surface area contributed by atoms with Crippen molar-refractivity contribution in [3.8, 4) is 0 Å². The van der Waals surface area contributed by atoms with Gasteiger partial charge in [0, 0.05) is 13.3 Å². The summed E-state index contributed by atoms with van der Waals surface area (Å²) in [7, 11) is 0. The molecule has 0 radical (unpaired) electrons. The number of carbonyl (C=O) groups is 1. The molecule has 0 fully saturated rings. The Morgan fingerprint density at radius 2 is 1.56 bits per heavy atom. The van der Waals surface area contributed by atoms with Gasteiger partial charge in [-0.15, -0.1) is 0 Å². The molecule has 2 heteroatoms. The molecule has 0 aromatic carbocycles. The van der Waals surface area contributed by atoms with Crippen molar-refractivity contribution in [3.63, 3.8) is 0 Å². The second kappa shape index (κ2) is 7.91. The minimum atomic E-state index is -0.213. The predicted molar refractivity (Wildman–Crippen MR) is 66.1 cm³/mol. The van der Waals surface area contributed by atoms with E-state index in [1.54, 1.807) is 0 Å². The third kappa shape index (κ3) is 6.23. The van der Waals surface area contributed by atoms with Crippen LogP contribution in [0.15, 0.2) is 36.5 Å². The Hall–Kier alpha value is -1.31. The number of ether oxygens (including phenoxy) is 1. The maximum Gasteiger partial charge on any atom is 0.303 e. The Bertz CT molecular complexity index is 287. The molecular formula is C14H20O2. The minimum Gasteiger partial charge on any atom is -0.458 e. The van der Waals surface area contributed by atoms with Gasteiger partial charge in [-0.25, -0.2) is 0 Å². The maximum absolute atomic E-state index is 10.9. The molecule has 1 unspecified atom stereocenters. The van der Waals surface area contributed by atoms with E-state index in [0.717, 1.165) is 32.1 Å². The topological polar surface area (TPSA) is 26.3 Å². The van der Waals surface area contributed by atoms with Crippen LogP contribution in [0.2, 0.25) is 0 Å². The minimum absolute atomic E-state index is 0.0999. The van der Waals surface area contributed by atoms with Crippen LogP contribution in [-0.4, -0.2) is 12.1 Å². The van der Waals surface area contributed by atoms with Crippen LogP contribution in [0.25, 0.3) is 0 Å². The molecule has 1 aliphatic rings. The summed E-state index contributed by atoms with van der Waals surface area (Å²) in [5.41, 5.74) is 0. The van der Waals surface area contributed by atoms with Gasteiger partial charge in [-0.2, -0.15) is 0 Å². The smallest absolute Gasteiger partial charge is 0.303 e. The Labute approximate surface area is 97.7 Å². The monoisotopic (exact) mass is 220 g/mol. The van der Waals surface area contributed by atoms with Crippen LogP contribution in [0.1, 0.15) is 39.0 Å². The molecule has 0 aromatic rings. The van der Waals surface area contributed by atoms with Crippen LogP contribution in [0.4, 0.5) is 0 Å². The summed E-state index contributed by atoms with van der Waals surface area (Å²) in [5, 5.41) is 0. The second-order valence-corrected chi connectivity index (χ2v) is 3.91. The lowest BCUT2D eigenvalue weighted by Gasteiger charge is -2.10. The van der Waals surface area contributed by atoms with Gasteiger partial charge in [0.25, 0.3) is 0 Å². The van der Waals surface area contributed by atoms with E-state index in [-0.39, 0.29) is 12.1 Å². The summed E-state index contributed by atoms with van der Waals surface area (Å²) >= 11 is 0. The molecule has 88 valence electrons. The first-order valence-corrected chi connectivity index (χ1v) is 5.93. The molecule has 0 saturated carbocycles. The molecule has 2 nitrogen and oxygen atoms in total. The largest absolute Gasteiger partial charge is 0.458 e. The van der Waals surface area contributed by atoms with E-state index >= 15 is 0 Å². The Morgan fingerprint density at radius 3 is 2.19 bits per heavy atom. The first-order chi connectivity index (χ1) is 7.79. The lowest BCUT2D eigenvalue weighted by atomic mass is 10.1. The summed E-state index contributed by atoms with van der Waals surface area (Å²) in [6.07, 6.45) is 17.7. The highest BCUT2D eigenvalue weighted by Gasteiger charge is 2.05. The SMILES string of the molecule is CC(=O)OC1/C=C\CC/C=C\CC/C=C\C1. The van der Waals surface area contributed by atoms with Crippen molar-refractivity contribution in [1.82, 2.24) is 0 Å². The molecule has 1 atom stereocenters. The van der Waals surface area contributed by atoms with Crippen molar-refractivity contribution in [2.75, 3.05) is 0 Å². The summed E-state index contributed by atoms with van der Waals surface area (Å²) < 4.78 is 5.20. The molecule has 0 heterocycles. The Balaban J connectivity index is 2.53. The molecule has 1 rings (SSSR count). The van der Waals surface area contributed by atoms with Crippen molar-refractivity contribution in [2.24, 2.45) is 0 Å². The van der Waals surface area contributed by atoms with Crippen LogP contribution in [0.3, 0.4) is 0 Å². The molecule has 1 aliphatic carbocycles. The average Bonchev–Trinajstić information content (AvgIpc) is 2.21. The van der Waals surface area contributed by atoms with Gasteiger partial charge in [-0.1, -0.05) is 30.4 Å². The van der Waals surface area contributed by atoms with Crippen LogP contribution in [0, 0.1) is 0 Å². The number of carbonyl (C=O) groups excluding carboxylic acids is 1. The molecule has 0 aromatic heterocycles. The van der Waals surface area contributed by atoms with Crippen molar-refractivity contribution < 1.29 is 9.53 Å². The van der Waals surface area contributed by atoms with Gasteiger partial charge in [0.05, 0.1) is 0 Å². The molecule has 0 N–H and O–H groups in total. The third-order valence-electron chi connectivity index (χ3n) is 2.37. The fourth-order valence-electron chi connectivity index (χ4n) is 1.60. The van der Waals surface area contributed by atoms with Crippen LogP contribution < -0.4 is 0 Å². The number of hydrogen-bond donors (Lipinski definition) is 0. The summed E-state index contributed by atoms with van der Waals surface area (Å²) in [5.74, 6) is -0.213. The van der Waals surface area contributed by atoms with Gasteiger partial charge in [0.15, 0.2) is 0 Å². The highest BCUT2D eigenvalue weighted by molar-refractivity contribution is 5.66. The lowest BCUT2D eigenvalue weighted by molar-refractivity contribution is -0.143. The standard InChI is InChI=1S/C14H20O2/c1-13(15)16-14-11-9-7-5-3-2-4-6-8-10-12-14/h2-3,8-11,14H,4-7,12H2,1H3/b3-2-,10-8-,11-9-. The average molecular weight is 220 g/mol. The number of esters is 1. The number of rotatable bonds is 1. The third-order valence-corrected chi connectivity index (χ3v) is 2.37. The second-order valence-electron chi connectivity index (χ2n) is 3.91. The first-order valence-electron chi connectivity index (χ1n) is 5.93. The Morgan fingerprint density at radius 1 is 1.00 bits per heavy atom. The van der Waals surface area contributed by atoms with E-state index in [0.29, 0.717) is 0 Å². The molecule has 0 aliphatic heterocycles. The van der Waals surface area contributed by atoms with Crippen molar-refractivity contribution >= 4 is 5.97 Å². The van der Waals surface area contributed by atoms with Gasteiger partial charge < -0.3 is 4.74 Å². The predicted octanol–water partition coefficient (Wildman–Crippen LogP) is 3.55. The molecule has 0 amide bonds. The highest BCUT2D eigenvalue weighted by atomic mass is 16.5. The normalized spacial score (nSPS) is 28.2. The van der Waals surface area contributed by atoms with Crippen LogP contribution >= 0.6 is 0 Å². The fourth-order valence-corrected chi connectivity index (χ4v) is 1.60. The van der Waals surface area contributed by atoms with E-state index in [1.807, 2.05) is 6.08 Å². The van der Waals surface area contributed by atoms with E-state index in [9.17, 15) is 4.79 Å². The zero-order chi connectivity index (χ0) is 11.6. The quantitative estimate of drug-likeness (QED) is 0.499. The summed E-state index contributed by atoms with van der Waals surface area (Å²) in [6, 6.07) is 0. The first kappa shape index (κ1) is 12.8. The zero-order valence-corrected chi connectivity index (χ0v) is 9.89. The maximum atomic E-state index is 10.9. The van der Waals surface area contributed by atoms with E-state index in [2.05, 4.69) is 30.4 Å². The number of allylic oxidation sites excluding steroid dienone is 4. The van der Waals surface area contributed by atoms with E-state index in [1.165, 1.54) is 6.92 Å². The van der Waals surface area contributed by atoms with E-state index < -0.39 is 0 Å². The summed E-state index contributed by atoms with van der Waals surface area (Å²) in [4.78, 5) is 10.9. The zero-order valence-electron chi connectivity index (χ0n) is 9.89. The molecule has 0 saturated heterocycles. The fraction of sp³-hybridized carbons (Fsp3) is 0.500. The van der Waals surface area contributed by atoms with Crippen LogP contribution in [0.5, 0.6) is 0 Å². The van der Waals surface area contributed by atoms with Crippen molar-refractivity contribution in [1.29, 1.82) is 0 Å². The lowest BCUT2D eigenvalue weighted by Crippen LogP contribution is -2.12. The van der Waals surface area contributed by atoms with Gasteiger partial charge in [0.2, 0.25) is 0 Å². The van der Waals surface area contributed by atoms with Gasteiger partial charge >= 0.3 is 5.97 Å². The van der Waals surface area contributed by atoms with Gasteiger partial charge in [-0.05, 0) is 31.8 Å². The highest BCUT2D eigenvalue weighted by Crippen LogP contribution is 2.07. The van der Waals surface area contributed by atoms with E-state index in [4.69, 9.17) is 4.74 Å². The molecule has 16 heavy (non-hydrogen) atoms. The van der Waals surface area contributed by atoms with Gasteiger partial charge in [-0.3, -0.25) is 4.79 Å². The van der Waals surface area contributed by atoms with Crippen molar-refractivity contribution in [3.05, 3.63) is 36.5 Å². The van der Waals surface area contributed by atoms with Crippen LogP contribution in [-0.2, 0) is 9.53 Å². The molecular weight excluding hydrogens is 200 g/mol. The molecule has 0 spiro atoms.